The molecule has 0 saturated heterocycles. The molecule has 0 spiro atoms. The molecule has 21 heavy (non-hydrogen) atoms. The van der Waals surface area contributed by atoms with E-state index in [1.54, 1.807) is 6.07 Å². The number of rotatable bonds is 7. The van der Waals surface area contributed by atoms with Crippen molar-refractivity contribution >= 4 is 17.2 Å². The molecule has 0 fully saturated rings. The number of carbonyl (C=O) groups is 1. The Hall–Kier alpha value is -2.02. The highest BCUT2D eigenvalue weighted by Crippen LogP contribution is 2.30. The number of nitrogens with one attached hydrogen (secondary N) is 1. The number of carbonyl (C=O) groups excluding carboxylic acids is 1. The van der Waals surface area contributed by atoms with E-state index in [4.69, 9.17) is 0 Å². The Bertz CT molecular complexity index is 531. The van der Waals surface area contributed by atoms with Gasteiger partial charge in [0.25, 0.3) is 0 Å². The summed E-state index contributed by atoms with van der Waals surface area (Å²) in [6.45, 7) is 3.94. The first-order valence-electron chi connectivity index (χ1n) is 6.45. The van der Waals surface area contributed by atoms with E-state index in [0.717, 1.165) is 0 Å². The van der Waals surface area contributed by atoms with Crippen LogP contribution in [-0.4, -0.2) is 28.8 Å². The second kappa shape index (κ2) is 7.12. The van der Waals surface area contributed by atoms with Gasteiger partial charge < -0.3 is 9.84 Å². The van der Waals surface area contributed by atoms with E-state index in [2.05, 4.69) is 15.3 Å². The molecule has 1 unspecified atom stereocenters. The fourth-order valence-corrected chi connectivity index (χ4v) is 1.47. The minimum absolute atomic E-state index is 0.0957. The number of ether oxygens (including phenoxy) is 1. The monoisotopic (exact) mass is 300 g/mol. The maximum Gasteiger partial charge on any atom is 0.397 e. The Morgan fingerprint density at radius 1 is 1.48 bits per heavy atom. The molecule has 0 aliphatic rings. The molecular weight excluding hydrogens is 282 g/mol. The van der Waals surface area contributed by atoms with Crippen LogP contribution in [-0.2, 0) is 4.79 Å². The van der Waals surface area contributed by atoms with Crippen molar-refractivity contribution in [2.75, 3.05) is 5.43 Å². The van der Waals surface area contributed by atoms with Crippen LogP contribution in [0.5, 0.6) is 5.75 Å². The number of hydrazone groups is 1. The fourth-order valence-electron chi connectivity index (χ4n) is 1.47. The second-order valence-corrected chi connectivity index (χ2v) is 4.43. The van der Waals surface area contributed by atoms with Crippen molar-refractivity contribution in [1.29, 1.82) is 0 Å². The first-order valence-corrected chi connectivity index (χ1v) is 6.45. The van der Waals surface area contributed by atoms with Crippen molar-refractivity contribution in [3.63, 3.8) is 0 Å². The van der Waals surface area contributed by atoms with Crippen molar-refractivity contribution in [2.45, 2.75) is 39.4 Å². The van der Waals surface area contributed by atoms with Gasteiger partial charge in [-0.1, -0.05) is 19.1 Å². The topological polar surface area (TPSA) is 70.9 Å². The van der Waals surface area contributed by atoms with E-state index in [1.807, 2.05) is 0 Å². The van der Waals surface area contributed by atoms with E-state index in [0.29, 0.717) is 0 Å². The molecule has 2 N–H and O–H groups in total. The highest BCUT2D eigenvalue weighted by molar-refractivity contribution is 6.40. The number of alkyl halides is 2. The molecule has 0 heterocycles. The summed E-state index contributed by atoms with van der Waals surface area (Å²) < 4.78 is 31.2. The Morgan fingerprint density at radius 2 is 2.10 bits per heavy atom. The molecule has 0 bridgehead atoms. The van der Waals surface area contributed by atoms with Crippen LogP contribution < -0.4 is 10.2 Å². The summed E-state index contributed by atoms with van der Waals surface area (Å²) in [5, 5.41) is 13.2. The molecule has 0 radical (unpaired) electrons. The summed E-state index contributed by atoms with van der Waals surface area (Å²) in [6, 6.07) is 5.97. The molecule has 116 valence electrons. The number of para-hydroxylation sites is 2. The summed E-state index contributed by atoms with van der Waals surface area (Å²) >= 11 is 0. The number of aliphatic hydroxyl groups is 1. The molecule has 1 aromatic rings. The highest BCUT2D eigenvalue weighted by atomic mass is 19.3. The maximum atomic E-state index is 13.3. The van der Waals surface area contributed by atoms with Gasteiger partial charge in [0.2, 0.25) is 0 Å². The van der Waals surface area contributed by atoms with Crippen LogP contribution in [0, 0.1) is 0 Å². The number of hydrogen-bond donors (Lipinski definition) is 2. The molecule has 5 nitrogen and oxygen atoms in total. The zero-order chi connectivity index (χ0) is 16.0. The summed E-state index contributed by atoms with van der Waals surface area (Å²) in [6.07, 6.45) is -4.84. The van der Waals surface area contributed by atoms with Crippen molar-refractivity contribution in [1.82, 2.24) is 0 Å². The average Bonchev–Trinajstić information content (AvgIpc) is 2.39. The second-order valence-electron chi connectivity index (χ2n) is 4.43. The van der Waals surface area contributed by atoms with Crippen LogP contribution in [0.4, 0.5) is 14.5 Å². The van der Waals surface area contributed by atoms with Crippen molar-refractivity contribution in [2.24, 2.45) is 5.10 Å². The van der Waals surface area contributed by atoms with Crippen LogP contribution in [0.3, 0.4) is 0 Å². The first kappa shape index (κ1) is 17.0. The standard InChI is InChI=1S/C14H18F2N2O3/c1-4-14(15,16)21-12-8-6-5-7-11(12)17-18-13(9(2)19)10(3)20/h5-9,17,19H,4H2,1-3H3/b18-13-. The van der Waals surface area contributed by atoms with E-state index in [1.165, 1.54) is 39.0 Å². The molecule has 0 aliphatic heterocycles. The molecule has 0 saturated carbocycles. The molecule has 7 heteroatoms. The lowest BCUT2D eigenvalue weighted by atomic mass is 10.2. The SMILES string of the molecule is CCC(F)(F)Oc1ccccc1N/N=C(\C(C)=O)C(C)O. The van der Waals surface area contributed by atoms with Crippen molar-refractivity contribution in [3.05, 3.63) is 24.3 Å². The third-order valence-electron chi connectivity index (χ3n) is 2.61. The highest BCUT2D eigenvalue weighted by Gasteiger charge is 2.29. The first-order chi connectivity index (χ1) is 9.76. The smallest absolute Gasteiger partial charge is 0.397 e. The number of anilines is 1. The molecule has 1 aromatic carbocycles. The lowest BCUT2D eigenvalue weighted by Crippen LogP contribution is -2.25. The van der Waals surface area contributed by atoms with Crippen LogP contribution in [0.1, 0.15) is 27.2 Å². The number of hydrogen-bond acceptors (Lipinski definition) is 5. The normalized spacial score (nSPS) is 13.7. The third-order valence-corrected chi connectivity index (χ3v) is 2.61. The minimum Gasteiger partial charge on any atom is -0.430 e. The zero-order valence-electron chi connectivity index (χ0n) is 12.1. The van der Waals surface area contributed by atoms with Gasteiger partial charge in [-0.05, 0) is 19.1 Å². The largest absolute Gasteiger partial charge is 0.430 e. The Morgan fingerprint density at radius 3 is 2.62 bits per heavy atom. The van der Waals surface area contributed by atoms with E-state index in [9.17, 15) is 18.7 Å². The van der Waals surface area contributed by atoms with Gasteiger partial charge in [-0.3, -0.25) is 10.2 Å². The molecule has 0 aromatic heterocycles. The summed E-state index contributed by atoms with van der Waals surface area (Å²) in [4.78, 5) is 11.3. The minimum atomic E-state index is -3.30. The van der Waals surface area contributed by atoms with Crippen LogP contribution in [0.15, 0.2) is 29.4 Å². The molecule has 1 atom stereocenters. The van der Waals surface area contributed by atoms with Gasteiger partial charge in [0, 0.05) is 13.3 Å². The Labute approximate surface area is 121 Å². The van der Waals surface area contributed by atoms with Crippen molar-refractivity contribution in [3.8, 4) is 5.75 Å². The number of ketones is 1. The van der Waals surface area contributed by atoms with Gasteiger partial charge in [0.1, 0.15) is 5.71 Å². The van der Waals surface area contributed by atoms with Gasteiger partial charge >= 0.3 is 6.11 Å². The number of halogens is 2. The van der Waals surface area contributed by atoms with Crippen LogP contribution in [0.25, 0.3) is 0 Å². The number of nitrogens with zero attached hydrogens (tertiary/aromatic N) is 1. The maximum absolute atomic E-state index is 13.3. The average molecular weight is 300 g/mol. The van der Waals surface area contributed by atoms with Gasteiger partial charge in [0.05, 0.1) is 11.8 Å². The Kier molecular flexibility index (Phi) is 5.78. The summed E-state index contributed by atoms with van der Waals surface area (Å²) in [5.74, 6) is -0.517. The number of aliphatic hydroxyl groups excluding tert-OH is 1. The van der Waals surface area contributed by atoms with Crippen LogP contribution >= 0.6 is 0 Å². The van der Waals surface area contributed by atoms with E-state index >= 15 is 0 Å². The lowest BCUT2D eigenvalue weighted by molar-refractivity contribution is -0.176. The van der Waals surface area contributed by atoms with Gasteiger partial charge in [-0.2, -0.15) is 13.9 Å². The predicted octanol–water partition coefficient (Wildman–Crippen LogP) is 2.81. The van der Waals surface area contributed by atoms with Gasteiger partial charge in [-0.15, -0.1) is 0 Å². The Balaban J connectivity index is 2.99. The van der Waals surface area contributed by atoms with Crippen LogP contribution in [0.2, 0.25) is 0 Å². The number of benzene rings is 1. The summed E-state index contributed by atoms with van der Waals surface area (Å²) in [5.41, 5.74) is 2.54. The lowest BCUT2D eigenvalue weighted by Gasteiger charge is -2.18. The van der Waals surface area contributed by atoms with Gasteiger partial charge in [-0.25, -0.2) is 0 Å². The van der Waals surface area contributed by atoms with E-state index < -0.39 is 24.4 Å². The van der Waals surface area contributed by atoms with Crippen molar-refractivity contribution < 1.29 is 23.4 Å². The van der Waals surface area contributed by atoms with E-state index in [-0.39, 0.29) is 17.1 Å². The molecular formula is C14H18F2N2O3. The summed E-state index contributed by atoms with van der Waals surface area (Å²) in [7, 11) is 0. The van der Waals surface area contributed by atoms with Gasteiger partial charge in [0.15, 0.2) is 11.5 Å². The quantitative estimate of drug-likeness (QED) is 0.600. The number of Topliss-reactive ketones (excluding diaryl/α,β-unsaturated/α-hetero) is 1. The fraction of sp³-hybridized carbons (Fsp3) is 0.429. The predicted molar refractivity (Wildman–Crippen MR) is 75.7 cm³/mol. The molecule has 0 aliphatic carbocycles. The zero-order valence-corrected chi connectivity index (χ0v) is 12.1. The molecule has 0 amide bonds. The molecule has 1 rings (SSSR count). The third kappa shape index (κ3) is 5.11.